The molecule has 0 radical (unpaired) electrons. The Hall–Kier alpha value is -3.75. The van der Waals surface area contributed by atoms with Crippen LogP contribution in [0.25, 0.3) is 0 Å². The zero-order valence-electron chi connectivity index (χ0n) is 16.1. The second kappa shape index (κ2) is 10.4. The van der Waals surface area contributed by atoms with Crippen LogP contribution in [-0.4, -0.2) is 46.9 Å². The number of amides is 2. The number of benzene rings is 2. The van der Waals surface area contributed by atoms with Gasteiger partial charge < -0.3 is 18.9 Å². The number of carbonyl (C=O) groups excluding carboxylic acids is 1. The molecule has 0 aliphatic heterocycles. The van der Waals surface area contributed by atoms with Gasteiger partial charge in [0.1, 0.15) is 0 Å². The predicted octanol–water partition coefficient (Wildman–Crippen LogP) is 2.39. The standard InChI is InChI=1S/C19H22N4O5/c1-25-15-9-5-7-13(17(15)27-3)11-20-22-19(24)23-21-12-14-8-6-10-16(26-2)18(14)28-4/h5-12H,1-4H3,(H2,22,23,24)/b20-11+,21-12+. The van der Waals surface area contributed by atoms with Gasteiger partial charge in [0.2, 0.25) is 0 Å². The van der Waals surface area contributed by atoms with Crippen LogP contribution in [0.2, 0.25) is 0 Å². The lowest BCUT2D eigenvalue weighted by molar-refractivity contribution is 0.242. The van der Waals surface area contributed by atoms with Crippen molar-refractivity contribution >= 4 is 18.5 Å². The molecule has 9 heteroatoms. The number of para-hydroxylation sites is 2. The van der Waals surface area contributed by atoms with Gasteiger partial charge in [-0.15, -0.1) is 0 Å². The van der Waals surface area contributed by atoms with Crippen molar-refractivity contribution < 1.29 is 23.7 Å². The highest BCUT2D eigenvalue weighted by Crippen LogP contribution is 2.30. The van der Waals surface area contributed by atoms with Crippen molar-refractivity contribution in [2.24, 2.45) is 10.2 Å². The third-order valence-electron chi connectivity index (χ3n) is 3.61. The fraction of sp³-hybridized carbons (Fsp3) is 0.211. The van der Waals surface area contributed by atoms with Crippen molar-refractivity contribution in [3.05, 3.63) is 47.5 Å². The number of hydrazone groups is 2. The van der Waals surface area contributed by atoms with Crippen LogP contribution < -0.4 is 29.8 Å². The van der Waals surface area contributed by atoms with Gasteiger partial charge in [-0.3, -0.25) is 0 Å². The maximum absolute atomic E-state index is 11.8. The van der Waals surface area contributed by atoms with E-state index in [1.165, 1.54) is 26.6 Å². The third-order valence-corrected chi connectivity index (χ3v) is 3.61. The third kappa shape index (κ3) is 5.13. The molecule has 2 rings (SSSR count). The van der Waals surface area contributed by atoms with Crippen molar-refractivity contribution in [2.75, 3.05) is 28.4 Å². The Balaban J connectivity index is 1.97. The molecule has 2 N–H and O–H groups in total. The van der Waals surface area contributed by atoms with Crippen LogP contribution in [0.15, 0.2) is 46.6 Å². The SMILES string of the molecule is COc1cccc(/C=N/NC(=O)N/N=C/c2cccc(OC)c2OC)c1OC. The van der Waals surface area contributed by atoms with Crippen molar-refractivity contribution in [2.45, 2.75) is 0 Å². The minimum absolute atomic E-state index is 0.513. The van der Waals surface area contributed by atoms with E-state index in [9.17, 15) is 4.79 Å². The fourth-order valence-electron chi connectivity index (χ4n) is 2.37. The summed E-state index contributed by atoms with van der Waals surface area (Å²) in [5.41, 5.74) is 5.91. The van der Waals surface area contributed by atoms with E-state index >= 15 is 0 Å². The lowest BCUT2D eigenvalue weighted by Crippen LogP contribution is -2.28. The van der Waals surface area contributed by atoms with Crippen LogP contribution >= 0.6 is 0 Å². The molecule has 0 atom stereocenters. The lowest BCUT2D eigenvalue weighted by atomic mass is 10.2. The molecule has 9 nitrogen and oxygen atoms in total. The average molecular weight is 386 g/mol. The number of ether oxygens (including phenoxy) is 4. The fourth-order valence-corrected chi connectivity index (χ4v) is 2.37. The van der Waals surface area contributed by atoms with Crippen LogP contribution in [-0.2, 0) is 0 Å². The molecule has 2 aromatic carbocycles. The molecule has 0 aliphatic rings. The van der Waals surface area contributed by atoms with Crippen LogP contribution in [0, 0.1) is 0 Å². The first-order chi connectivity index (χ1) is 13.6. The topological polar surface area (TPSA) is 103 Å². The van der Waals surface area contributed by atoms with Gasteiger partial charge in [-0.05, 0) is 24.3 Å². The molecule has 0 spiro atoms. The summed E-state index contributed by atoms with van der Waals surface area (Å²) in [6, 6.07) is 10.0. The summed E-state index contributed by atoms with van der Waals surface area (Å²) in [6.07, 6.45) is 2.88. The Morgan fingerprint density at radius 3 is 1.54 bits per heavy atom. The number of rotatable bonds is 8. The van der Waals surface area contributed by atoms with Crippen LogP contribution in [0.3, 0.4) is 0 Å². The minimum atomic E-state index is -0.615. The maximum Gasteiger partial charge on any atom is 0.355 e. The quantitative estimate of drug-likeness (QED) is 0.536. The van der Waals surface area contributed by atoms with Crippen molar-refractivity contribution in [3.63, 3.8) is 0 Å². The number of hydrogen-bond acceptors (Lipinski definition) is 7. The predicted molar refractivity (Wildman–Crippen MR) is 106 cm³/mol. The van der Waals surface area contributed by atoms with Gasteiger partial charge in [0.05, 0.1) is 40.9 Å². The molecule has 0 saturated carbocycles. The average Bonchev–Trinajstić information content (AvgIpc) is 2.73. The molecule has 148 valence electrons. The van der Waals surface area contributed by atoms with Crippen LogP contribution in [0.1, 0.15) is 11.1 Å². The number of hydrogen-bond donors (Lipinski definition) is 2. The van der Waals surface area contributed by atoms with E-state index in [1.807, 2.05) is 0 Å². The summed E-state index contributed by atoms with van der Waals surface area (Å²) in [6.45, 7) is 0. The Kier molecular flexibility index (Phi) is 7.64. The zero-order chi connectivity index (χ0) is 20.4. The van der Waals surface area contributed by atoms with Gasteiger partial charge in [0.25, 0.3) is 0 Å². The minimum Gasteiger partial charge on any atom is -0.493 e. The first-order valence-corrected chi connectivity index (χ1v) is 8.18. The molecule has 0 saturated heterocycles. The molecule has 0 aromatic heterocycles. The highest BCUT2D eigenvalue weighted by molar-refractivity contribution is 5.87. The molecule has 0 fully saturated rings. The van der Waals surface area contributed by atoms with Crippen LogP contribution in [0.4, 0.5) is 4.79 Å². The molecule has 2 aromatic rings. The normalized spacial score (nSPS) is 10.7. The Morgan fingerprint density at radius 2 is 1.18 bits per heavy atom. The summed E-state index contributed by atoms with van der Waals surface area (Å²) in [5, 5.41) is 7.74. The first kappa shape index (κ1) is 20.6. The van der Waals surface area contributed by atoms with Gasteiger partial charge in [0.15, 0.2) is 23.0 Å². The number of nitrogens with one attached hydrogen (secondary N) is 2. The van der Waals surface area contributed by atoms with E-state index in [1.54, 1.807) is 50.6 Å². The van der Waals surface area contributed by atoms with Gasteiger partial charge in [0, 0.05) is 11.1 Å². The number of carbonyl (C=O) groups is 1. The lowest BCUT2D eigenvalue weighted by Gasteiger charge is -2.09. The Bertz CT molecular complexity index is 798. The van der Waals surface area contributed by atoms with Crippen molar-refractivity contribution in [1.82, 2.24) is 10.9 Å². The van der Waals surface area contributed by atoms with E-state index in [0.717, 1.165) is 0 Å². The van der Waals surface area contributed by atoms with Gasteiger partial charge in [-0.2, -0.15) is 10.2 Å². The number of nitrogens with zero attached hydrogens (tertiary/aromatic N) is 2. The summed E-state index contributed by atoms with van der Waals surface area (Å²) >= 11 is 0. The Labute approximate surface area is 162 Å². The van der Waals surface area contributed by atoms with E-state index in [-0.39, 0.29) is 0 Å². The van der Waals surface area contributed by atoms with E-state index < -0.39 is 6.03 Å². The van der Waals surface area contributed by atoms with E-state index in [4.69, 9.17) is 18.9 Å². The van der Waals surface area contributed by atoms with Gasteiger partial charge in [-0.25, -0.2) is 15.6 Å². The smallest absolute Gasteiger partial charge is 0.355 e. The number of methoxy groups -OCH3 is 4. The van der Waals surface area contributed by atoms with Crippen molar-refractivity contribution in [1.29, 1.82) is 0 Å². The molecule has 0 aliphatic carbocycles. The van der Waals surface area contributed by atoms with Gasteiger partial charge in [-0.1, -0.05) is 12.1 Å². The highest BCUT2D eigenvalue weighted by Gasteiger charge is 2.08. The number of urea groups is 1. The van der Waals surface area contributed by atoms with E-state index in [0.29, 0.717) is 34.1 Å². The zero-order valence-corrected chi connectivity index (χ0v) is 16.1. The molecule has 0 heterocycles. The Morgan fingerprint density at radius 1 is 0.750 bits per heavy atom. The van der Waals surface area contributed by atoms with Crippen molar-refractivity contribution in [3.8, 4) is 23.0 Å². The largest absolute Gasteiger partial charge is 0.493 e. The molecule has 0 bridgehead atoms. The highest BCUT2D eigenvalue weighted by atomic mass is 16.5. The summed E-state index contributed by atoms with van der Waals surface area (Å²) in [7, 11) is 6.13. The molecule has 0 unspecified atom stereocenters. The molecular weight excluding hydrogens is 364 g/mol. The first-order valence-electron chi connectivity index (χ1n) is 8.18. The van der Waals surface area contributed by atoms with E-state index in [2.05, 4.69) is 21.1 Å². The maximum atomic E-state index is 11.8. The summed E-state index contributed by atoms with van der Waals surface area (Å²) in [5.74, 6) is 2.15. The summed E-state index contributed by atoms with van der Waals surface area (Å²) < 4.78 is 21.0. The summed E-state index contributed by atoms with van der Waals surface area (Å²) in [4.78, 5) is 11.8. The molecular formula is C19H22N4O5. The molecule has 28 heavy (non-hydrogen) atoms. The monoisotopic (exact) mass is 386 g/mol. The second-order valence-electron chi connectivity index (χ2n) is 5.23. The van der Waals surface area contributed by atoms with Crippen LogP contribution in [0.5, 0.6) is 23.0 Å². The van der Waals surface area contributed by atoms with Gasteiger partial charge >= 0.3 is 6.03 Å². The second-order valence-corrected chi connectivity index (χ2v) is 5.23. The molecule has 2 amide bonds.